The maximum atomic E-state index is 14.1. The van der Waals surface area contributed by atoms with E-state index in [-0.39, 0.29) is 10.9 Å². The molecule has 1 aromatic heterocycles. The minimum atomic E-state index is -0.328. The van der Waals surface area contributed by atoms with Gasteiger partial charge in [0.15, 0.2) is 5.11 Å². The molecule has 3 rings (SSSR count). The molecule has 0 saturated carbocycles. The zero-order chi connectivity index (χ0) is 17.1. The highest BCUT2D eigenvalue weighted by Crippen LogP contribution is 2.25. The average Bonchev–Trinajstić information content (AvgIpc) is 2.89. The van der Waals surface area contributed by atoms with Crippen LogP contribution >= 0.6 is 23.8 Å². The van der Waals surface area contributed by atoms with E-state index in [4.69, 9.17) is 29.6 Å². The number of hydrogen-bond donors (Lipinski definition) is 2. The highest BCUT2D eigenvalue weighted by Gasteiger charge is 2.11. The Morgan fingerprint density at radius 2 is 2.08 bits per heavy atom. The SMILES string of the molecule is NC(=S)NN=Cc1cn(Cc2c(F)cccc2Cl)c2ccccc12. The molecule has 0 aliphatic rings. The van der Waals surface area contributed by atoms with Crippen molar-refractivity contribution in [1.29, 1.82) is 0 Å². The fourth-order valence-electron chi connectivity index (χ4n) is 2.53. The van der Waals surface area contributed by atoms with Gasteiger partial charge < -0.3 is 10.3 Å². The van der Waals surface area contributed by atoms with E-state index in [1.165, 1.54) is 6.07 Å². The van der Waals surface area contributed by atoms with Crippen LogP contribution in [-0.4, -0.2) is 15.9 Å². The molecular formula is C17H14ClFN4S. The van der Waals surface area contributed by atoms with Gasteiger partial charge in [0.2, 0.25) is 0 Å². The number of nitrogens with zero attached hydrogens (tertiary/aromatic N) is 2. The van der Waals surface area contributed by atoms with E-state index in [9.17, 15) is 4.39 Å². The van der Waals surface area contributed by atoms with Crippen LogP contribution in [0.1, 0.15) is 11.1 Å². The van der Waals surface area contributed by atoms with Gasteiger partial charge in [-0.05, 0) is 30.4 Å². The lowest BCUT2D eigenvalue weighted by atomic mass is 10.2. The van der Waals surface area contributed by atoms with Crippen LogP contribution in [0.5, 0.6) is 0 Å². The highest BCUT2D eigenvalue weighted by atomic mass is 35.5. The molecule has 1 heterocycles. The maximum Gasteiger partial charge on any atom is 0.184 e. The molecule has 24 heavy (non-hydrogen) atoms. The molecule has 0 aliphatic carbocycles. The first-order chi connectivity index (χ1) is 11.6. The molecule has 122 valence electrons. The smallest absolute Gasteiger partial charge is 0.184 e. The molecule has 2 aromatic carbocycles. The van der Waals surface area contributed by atoms with E-state index < -0.39 is 0 Å². The van der Waals surface area contributed by atoms with Crippen molar-refractivity contribution in [3.8, 4) is 0 Å². The zero-order valence-electron chi connectivity index (χ0n) is 12.5. The van der Waals surface area contributed by atoms with Gasteiger partial charge >= 0.3 is 0 Å². The lowest BCUT2D eigenvalue weighted by Crippen LogP contribution is -2.23. The second-order valence-electron chi connectivity index (χ2n) is 5.16. The van der Waals surface area contributed by atoms with E-state index in [0.717, 1.165) is 16.5 Å². The Morgan fingerprint density at radius 1 is 1.29 bits per heavy atom. The number of para-hydroxylation sites is 1. The first-order valence-corrected chi connectivity index (χ1v) is 7.94. The summed E-state index contributed by atoms with van der Waals surface area (Å²) >= 11 is 10.9. The van der Waals surface area contributed by atoms with Crippen LogP contribution in [0.2, 0.25) is 5.02 Å². The first kappa shape index (κ1) is 16.4. The first-order valence-electron chi connectivity index (χ1n) is 7.15. The minimum Gasteiger partial charge on any atom is -0.375 e. The van der Waals surface area contributed by atoms with Crippen molar-refractivity contribution >= 4 is 46.0 Å². The topological polar surface area (TPSA) is 55.3 Å². The van der Waals surface area contributed by atoms with E-state index in [2.05, 4.69) is 10.5 Å². The maximum absolute atomic E-state index is 14.1. The van der Waals surface area contributed by atoms with Crippen molar-refractivity contribution in [2.45, 2.75) is 6.54 Å². The Hall–Kier alpha value is -2.44. The molecule has 0 aliphatic heterocycles. The number of hydrogen-bond acceptors (Lipinski definition) is 2. The number of rotatable bonds is 4. The number of thiocarbonyl (C=S) groups is 1. The van der Waals surface area contributed by atoms with E-state index >= 15 is 0 Å². The van der Waals surface area contributed by atoms with Crippen molar-refractivity contribution in [2.75, 3.05) is 0 Å². The van der Waals surface area contributed by atoms with Crippen molar-refractivity contribution in [3.05, 3.63) is 70.6 Å². The molecule has 0 unspecified atom stereocenters. The van der Waals surface area contributed by atoms with Gasteiger partial charge in [-0.15, -0.1) is 0 Å². The Morgan fingerprint density at radius 3 is 2.83 bits per heavy atom. The second-order valence-corrected chi connectivity index (χ2v) is 6.01. The molecule has 0 fully saturated rings. The fourth-order valence-corrected chi connectivity index (χ4v) is 2.80. The number of benzene rings is 2. The Kier molecular flexibility index (Phi) is 4.78. The normalized spacial score (nSPS) is 11.2. The van der Waals surface area contributed by atoms with Crippen LogP contribution in [0.15, 0.2) is 53.8 Å². The fraction of sp³-hybridized carbons (Fsp3) is 0.0588. The average molecular weight is 361 g/mol. The summed E-state index contributed by atoms with van der Waals surface area (Å²) < 4.78 is 16.0. The van der Waals surface area contributed by atoms with Gasteiger partial charge in [-0.1, -0.05) is 35.9 Å². The minimum absolute atomic E-state index is 0.0909. The molecule has 0 amide bonds. The van der Waals surface area contributed by atoms with Crippen molar-refractivity contribution < 1.29 is 4.39 Å². The summed E-state index contributed by atoms with van der Waals surface area (Å²) in [5, 5.41) is 5.47. The zero-order valence-corrected chi connectivity index (χ0v) is 14.1. The van der Waals surface area contributed by atoms with Crippen LogP contribution < -0.4 is 11.2 Å². The number of hydrazone groups is 1. The van der Waals surface area contributed by atoms with Crippen molar-refractivity contribution in [2.24, 2.45) is 10.8 Å². The van der Waals surface area contributed by atoms with Crippen LogP contribution in [-0.2, 0) is 6.54 Å². The number of halogens is 2. The quantitative estimate of drug-likeness (QED) is 0.424. The highest BCUT2D eigenvalue weighted by molar-refractivity contribution is 7.80. The van der Waals surface area contributed by atoms with Gasteiger partial charge in [0.05, 0.1) is 12.8 Å². The second kappa shape index (κ2) is 6.98. The van der Waals surface area contributed by atoms with Gasteiger partial charge in [-0.25, -0.2) is 4.39 Å². The van der Waals surface area contributed by atoms with Gasteiger partial charge in [0.1, 0.15) is 5.82 Å². The molecule has 0 spiro atoms. The van der Waals surface area contributed by atoms with Gasteiger partial charge in [-0.2, -0.15) is 5.10 Å². The molecular weight excluding hydrogens is 347 g/mol. The van der Waals surface area contributed by atoms with Gasteiger partial charge in [0.25, 0.3) is 0 Å². The standard InChI is InChI=1S/C17H14ClFN4S/c18-14-5-3-6-15(19)13(14)10-23-9-11(8-21-22-17(20)24)12-4-1-2-7-16(12)23/h1-9H,10H2,(H3,20,22,24). The molecule has 0 atom stereocenters. The predicted octanol–water partition coefficient (Wildman–Crippen LogP) is 3.65. The number of nitrogens with one attached hydrogen (secondary N) is 1. The Labute approximate surface area is 148 Å². The summed E-state index contributed by atoms with van der Waals surface area (Å²) in [6.45, 7) is 0.322. The van der Waals surface area contributed by atoms with Crippen LogP contribution in [0, 0.1) is 5.82 Å². The summed E-state index contributed by atoms with van der Waals surface area (Å²) in [5.41, 5.74) is 10.1. The monoisotopic (exact) mass is 360 g/mol. The summed E-state index contributed by atoms with van der Waals surface area (Å²) in [6.07, 6.45) is 3.51. The Bertz CT molecular complexity index is 915. The molecule has 0 saturated heterocycles. The number of fused-ring (bicyclic) bond motifs is 1. The third-order valence-electron chi connectivity index (χ3n) is 3.59. The molecule has 3 aromatic rings. The molecule has 0 bridgehead atoms. The third kappa shape index (κ3) is 3.39. The van der Waals surface area contributed by atoms with E-state index in [1.54, 1.807) is 18.3 Å². The van der Waals surface area contributed by atoms with Crippen LogP contribution in [0.25, 0.3) is 10.9 Å². The van der Waals surface area contributed by atoms with Crippen molar-refractivity contribution in [3.63, 3.8) is 0 Å². The lowest BCUT2D eigenvalue weighted by molar-refractivity contribution is 0.602. The summed E-state index contributed by atoms with van der Waals surface area (Å²) in [5.74, 6) is -0.328. The van der Waals surface area contributed by atoms with Crippen LogP contribution in [0.4, 0.5) is 4.39 Å². The predicted molar refractivity (Wildman–Crippen MR) is 100.0 cm³/mol. The summed E-state index contributed by atoms with van der Waals surface area (Å²) in [7, 11) is 0. The van der Waals surface area contributed by atoms with Crippen LogP contribution in [0.3, 0.4) is 0 Å². The number of nitrogens with two attached hydrogens (primary N) is 1. The van der Waals surface area contributed by atoms with E-state index in [1.807, 2.05) is 35.0 Å². The Balaban J connectivity index is 2.02. The summed E-state index contributed by atoms with van der Waals surface area (Å²) in [6, 6.07) is 12.5. The molecule has 3 N–H and O–H groups in total. The summed E-state index contributed by atoms with van der Waals surface area (Å²) in [4.78, 5) is 0. The van der Waals surface area contributed by atoms with Crippen molar-refractivity contribution in [1.82, 2.24) is 9.99 Å². The number of aromatic nitrogens is 1. The largest absolute Gasteiger partial charge is 0.375 e. The molecule has 0 radical (unpaired) electrons. The molecule has 7 heteroatoms. The third-order valence-corrected chi connectivity index (χ3v) is 4.03. The van der Waals surface area contributed by atoms with E-state index in [0.29, 0.717) is 17.1 Å². The molecule has 4 nitrogen and oxygen atoms in total. The van der Waals surface area contributed by atoms with Gasteiger partial charge in [0, 0.05) is 33.2 Å². The van der Waals surface area contributed by atoms with Gasteiger partial charge in [-0.3, -0.25) is 5.43 Å². The lowest BCUT2D eigenvalue weighted by Gasteiger charge is -2.08.